The van der Waals surface area contributed by atoms with Crippen molar-refractivity contribution < 1.29 is 9.59 Å². The summed E-state index contributed by atoms with van der Waals surface area (Å²) in [5, 5.41) is 5.35. The van der Waals surface area contributed by atoms with E-state index in [-0.39, 0.29) is 18.4 Å². The van der Waals surface area contributed by atoms with Gasteiger partial charge in [0.15, 0.2) is 0 Å². The molecule has 0 aromatic heterocycles. The Kier molecular flexibility index (Phi) is 5.89. The minimum Gasteiger partial charge on any atom is -0.354 e. The van der Waals surface area contributed by atoms with E-state index in [1.54, 1.807) is 6.07 Å². The molecule has 1 aromatic carbocycles. The van der Waals surface area contributed by atoms with Crippen molar-refractivity contribution in [3.05, 3.63) is 29.3 Å². The van der Waals surface area contributed by atoms with E-state index in [2.05, 4.69) is 23.3 Å². The topological polar surface area (TPSA) is 58.2 Å². The monoisotopic (exact) mass is 280 g/mol. The number of carbonyl (C=O) groups excluding carboxylic acids is 2. The molecule has 0 unspecified atom stereocenters. The van der Waals surface area contributed by atoms with Gasteiger partial charge in [0.25, 0.3) is 5.91 Å². The van der Waals surface area contributed by atoms with E-state index in [0.717, 1.165) is 10.5 Å². The molecule has 0 radical (unpaired) electrons. The molecule has 4 nitrogen and oxygen atoms in total. The van der Waals surface area contributed by atoms with Gasteiger partial charge in [0, 0.05) is 17.0 Å². The summed E-state index contributed by atoms with van der Waals surface area (Å²) in [6, 6.07) is 5.35. The van der Waals surface area contributed by atoms with Crippen LogP contribution >= 0.6 is 12.6 Å². The molecule has 5 heteroatoms. The minimum atomic E-state index is -0.256. The smallest absolute Gasteiger partial charge is 0.252 e. The van der Waals surface area contributed by atoms with Gasteiger partial charge in [-0.1, -0.05) is 19.9 Å². The molecule has 0 aliphatic heterocycles. The zero-order valence-electron chi connectivity index (χ0n) is 11.5. The molecule has 0 spiro atoms. The number of aryl methyl sites for hydroxylation is 1. The van der Waals surface area contributed by atoms with Crippen LogP contribution in [0.2, 0.25) is 0 Å². The fourth-order valence-electron chi connectivity index (χ4n) is 1.49. The lowest BCUT2D eigenvalue weighted by Gasteiger charge is -2.10. The predicted molar refractivity (Wildman–Crippen MR) is 78.6 cm³/mol. The Hall–Kier alpha value is -1.49. The normalized spacial score (nSPS) is 10.4. The number of amides is 2. The van der Waals surface area contributed by atoms with Crippen molar-refractivity contribution in [2.45, 2.75) is 25.7 Å². The van der Waals surface area contributed by atoms with E-state index in [9.17, 15) is 9.59 Å². The molecule has 0 saturated carbocycles. The molecule has 2 N–H and O–H groups in total. The summed E-state index contributed by atoms with van der Waals surface area (Å²) >= 11 is 4.20. The fraction of sp³-hybridized carbons (Fsp3) is 0.429. The Morgan fingerprint density at radius 2 is 1.95 bits per heavy atom. The van der Waals surface area contributed by atoms with Crippen LogP contribution in [0.15, 0.2) is 23.1 Å². The zero-order chi connectivity index (χ0) is 14.4. The van der Waals surface area contributed by atoms with Gasteiger partial charge in [-0.05, 0) is 30.5 Å². The van der Waals surface area contributed by atoms with Crippen LogP contribution in [-0.2, 0) is 4.79 Å². The Labute approximate surface area is 119 Å². The Balaban J connectivity index is 2.51. The number of thiol groups is 1. The average Bonchev–Trinajstić information content (AvgIpc) is 2.36. The van der Waals surface area contributed by atoms with E-state index >= 15 is 0 Å². The third kappa shape index (κ3) is 5.34. The van der Waals surface area contributed by atoms with E-state index < -0.39 is 0 Å². The second kappa shape index (κ2) is 7.19. The maximum Gasteiger partial charge on any atom is 0.252 e. The highest BCUT2D eigenvalue weighted by atomic mass is 32.1. The number of rotatable bonds is 5. The van der Waals surface area contributed by atoms with Gasteiger partial charge in [-0.3, -0.25) is 9.59 Å². The molecular weight excluding hydrogens is 260 g/mol. The second-order valence-corrected chi connectivity index (χ2v) is 5.40. The third-order valence-corrected chi connectivity index (χ3v) is 2.86. The molecule has 0 fully saturated rings. The van der Waals surface area contributed by atoms with Crippen LogP contribution in [-0.4, -0.2) is 24.9 Å². The fourth-order valence-corrected chi connectivity index (χ4v) is 1.69. The highest BCUT2D eigenvalue weighted by molar-refractivity contribution is 7.80. The van der Waals surface area contributed by atoms with Crippen molar-refractivity contribution in [3.8, 4) is 0 Å². The molecule has 2 amide bonds. The molecule has 1 rings (SSSR count). The second-order valence-electron chi connectivity index (χ2n) is 4.88. The molecular formula is C14H20N2O2S. The lowest BCUT2D eigenvalue weighted by atomic mass is 10.1. The Bertz CT molecular complexity index is 473. The molecule has 1 aromatic rings. The number of nitrogens with one attached hydrogen (secondary N) is 2. The summed E-state index contributed by atoms with van der Waals surface area (Å²) in [5.74, 6) is -0.0439. The number of hydrogen-bond donors (Lipinski definition) is 3. The van der Waals surface area contributed by atoms with Gasteiger partial charge in [-0.25, -0.2) is 0 Å². The molecule has 0 aliphatic carbocycles. The van der Waals surface area contributed by atoms with Crippen LogP contribution in [0.25, 0.3) is 0 Å². The molecule has 0 aliphatic rings. The van der Waals surface area contributed by atoms with Crippen molar-refractivity contribution >= 4 is 24.4 Å². The minimum absolute atomic E-state index is 0.0121. The van der Waals surface area contributed by atoms with Gasteiger partial charge < -0.3 is 10.6 Å². The van der Waals surface area contributed by atoms with Crippen LogP contribution in [0.4, 0.5) is 0 Å². The highest BCUT2D eigenvalue weighted by Gasteiger charge is 2.10. The summed E-state index contributed by atoms with van der Waals surface area (Å²) in [6.07, 6.45) is 0. The van der Waals surface area contributed by atoms with Crippen molar-refractivity contribution in [2.75, 3.05) is 13.1 Å². The first-order valence-corrected chi connectivity index (χ1v) is 6.69. The summed E-state index contributed by atoms with van der Waals surface area (Å²) < 4.78 is 0. The molecule has 0 atom stereocenters. The molecule has 19 heavy (non-hydrogen) atoms. The highest BCUT2D eigenvalue weighted by Crippen LogP contribution is 2.13. The van der Waals surface area contributed by atoms with Crippen molar-refractivity contribution in [2.24, 2.45) is 5.92 Å². The van der Waals surface area contributed by atoms with E-state index in [4.69, 9.17) is 0 Å². The van der Waals surface area contributed by atoms with Crippen molar-refractivity contribution in [1.82, 2.24) is 10.6 Å². The van der Waals surface area contributed by atoms with Crippen LogP contribution < -0.4 is 10.6 Å². The van der Waals surface area contributed by atoms with Crippen molar-refractivity contribution in [3.63, 3.8) is 0 Å². The van der Waals surface area contributed by atoms with Gasteiger partial charge in [-0.15, -0.1) is 12.6 Å². The zero-order valence-corrected chi connectivity index (χ0v) is 12.4. The first kappa shape index (κ1) is 15.6. The molecule has 0 heterocycles. The number of carbonyl (C=O) groups is 2. The Morgan fingerprint density at radius 1 is 1.26 bits per heavy atom. The first-order valence-electron chi connectivity index (χ1n) is 6.24. The van der Waals surface area contributed by atoms with Crippen LogP contribution in [0.3, 0.4) is 0 Å². The summed E-state index contributed by atoms with van der Waals surface area (Å²) in [7, 11) is 0. The number of hydrogen-bond acceptors (Lipinski definition) is 3. The van der Waals surface area contributed by atoms with E-state index in [1.807, 2.05) is 32.9 Å². The molecule has 104 valence electrons. The summed E-state index contributed by atoms with van der Waals surface area (Å²) in [5.41, 5.74) is 1.40. The molecule has 0 saturated heterocycles. The lowest BCUT2D eigenvalue weighted by Crippen LogP contribution is -2.38. The van der Waals surface area contributed by atoms with Gasteiger partial charge >= 0.3 is 0 Å². The van der Waals surface area contributed by atoms with Crippen LogP contribution in [0.5, 0.6) is 0 Å². The number of benzene rings is 1. The average molecular weight is 280 g/mol. The quantitative estimate of drug-likeness (QED) is 0.720. The maximum atomic E-state index is 11.9. The predicted octanol–water partition coefficient (Wildman–Crippen LogP) is 1.79. The lowest BCUT2D eigenvalue weighted by molar-refractivity contribution is -0.120. The van der Waals surface area contributed by atoms with Crippen LogP contribution in [0, 0.1) is 12.8 Å². The van der Waals surface area contributed by atoms with Gasteiger partial charge in [0.1, 0.15) is 0 Å². The molecule has 0 bridgehead atoms. The Morgan fingerprint density at radius 3 is 2.58 bits per heavy atom. The van der Waals surface area contributed by atoms with Gasteiger partial charge in [0.2, 0.25) is 5.91 Å². The maximum absolute atomic E-state index is 11.9. The summed E-state index contributed by atoms with van der Waals surface area (Å²) in [4.78, 5) is 24.2. The van der Waals surface area contributed by atoms with Gasteiger partial charge in [0.05, 0.1) is 6.54 Å². The van der Waals surface area contributed by atoms with Crippen LogP contribution in [0.1, 0.15) is 29.8 Å². The van der Waals surface area contributed by atoms with E-state index in [1.165, 1.54) is 0 Å². The third-order valence-electron chi connectivity index (χ3n) is 2.58. The largest absolute Gasteiger partial charge is 0.354 e. The SMILES string of the molecule is Cc1ccc(S)cc1C(=O)NCC(=O)NCC(C)C. The first-order chi connectivity index (χ1) is 8.90. The van der Waals surface area contributed by atoms with E-state index in [0.29, 0.717) is 18.0 Å². The summed E-state index contributed by atoms with van der Waals surface area (Å²) in [6.45, 7) is 6.48. The standard InChI is InChI=1S/C14H20N2O2S/c1-9(2)7-15-13(17)8-16-14(18)12-6-11(19)5-4-10(12)3/h4-6,9,19H,7-8H2,1-3H3,(H,15,17)(H,16,18). The van der Waals surface area contributed by atoms with Crippen molar-refractivity contribution in [1.29, 1.82) is 0 Å². The van der Waals surface area contributed by atoms with Gasteiger partial charge in [-0.2, -0.15) is 0 Å².